The molecule has 0 radical (unpaired) electrons. The summed E-state index contributed by atoms with van der Waals surface area (Å²) >= 11 is 0. The van der Waals surface area contributed by atoms with E-state index in [0.29, 0.717) is 25.7 Å². The van der Waals surface area contributed by atoms with Gasteiger partial charge in [0.05, 0.1) is 6.10 Å². The molecule has 0 aromatic carbocycles. The Balaban J connectivity index is 4.31. The third-order valence-corrected chi connectivity index (χ3v) is 2.73. The van der Waals surface area contributed by atoms with Crippen LogP contribution in [0.3, 0.4) is 0 Å². The van der Waals surface area contributed by atoms with Crippen molar-refractivity contribution >= 4 is 6.09 Å². The van der Waals surface area contributed by atoms with Gasteiger partial charge < -0.3 is 20.1 Å². The van der Waals surface area contributed by atoms with Crippen molar-refractivity contribution in [3.8, 4) is 0 Å². The Morgan fingerprint density at radius 3 is 2.40 bits per heavy atom. The molecular formula is C15H32N2O3. The fourth-order valence-electron chi connectivity index (χ4n) is 1.88. The van der Waals surface area contributed by atoms with Gasteiger partial charge in [-0.25, -0.2) is 4.79 Å². The van der Waals surface area contributed by atoms with Crippen LogP contribution in [0, 0.1) is 0 Å². The number of carbonyl (C=O) groups excluding carboxylic acids is 1. The summed E-state index contributed by atoms with van der Waals surface area (Å²) in [6.45, 7) is 13.0. The zero-order valence-corrected chi connectivity index (χ0v) is 13.9. The first-order valence-electron chi connectivity index (χ1n) is 7.55. The lowest BCUT2D eigenvalue weighted by Crippen LogP contribution is -2.44. The highest BCUT2D eigenvalue weighted by molar-refractivity contribution is 5.68. The van der Waals surface area contributed by atoms with Gasteiger partial charge in [-0.15, -0.1) is 0 Å². The summed E-state index contributed by atoms with van der Waals surface area (Å²) in [6, 6.07) is 0.437. The van der Waals surface area contributed by atoms with Gasteiger partial charge in [-0.2, -0.15) is 0 Å². The van der Waals surface area contributed by atoms with E-state index < -0.39 is 11.7 Å². The minimum absolute atomic E-state index is 0.290. The minimum atomic E-state index is -0.560. The van der Waals surface area contributed by atoms with Gasteiger partial charge in [-0.1, -0.05) is 13.3 Å². The number of aliphatic hydroxyl groups excluding tert-OH is 1. The molecule has 0 aliphatic rings. The summed E-state index contributed by atoms with van der Waals surface area (Å²) in [4.78, 5) is 13.6. The zero-order chi connectivity index (χ0) is 15.8. The van der Waals surface area contributed by atoms with Gasteiger partial charge in [0.15, 0.2) is 0 Å². The number of ether oxygens (including phenoxy) is 1. The van der Waals surface area contributed by atoms with E-state index in [1.165, 1.54) is 0 Å². The number of nitrogens with zero attached hydrogens (tertiary/aromatic N) is 1. The summed E-state index contributed by atoms with van der Waals surface area (Å²) in [7, 11) is 0. The lowest BCUT2D eigenvalue weighted by atomic mass is 10.2. The molecule has 5 heteroatoms. The van der Waals surface area contributed by atoms with E-state index in [2.05, 4.69) is 19.2 Å². The number of aliphatic hydroxyl groups is 1. The van der Waals surface area contributed by atoms with E-state index in [0.717, 1.165) is 12.8 Å². The molecule has 0 fully saturated rings. The van der Waals surface area contributed by atoms with Crippen LogP contribution >= 0.6 is 0 Å². The van der Waals surface area contributed by atoms with Gasteiger partial charge in [0.25, 0.3) is 0 Å². The summed E-state index contributed by atoms with van der Waals surface area (Å²) in [6.07, 6.45) is 1.32. The van der Waals surface area contributed by atoms with Crippen LogP contribution in [0.5, 0.6) is 0 Å². The van der Waals surface area contributed by atoms with Crippen LogP contribution < -0.4 is 5.32 Å². The second-order valence-electron chi connectivity index (χ2n) is 6.42. The Hall–Kier alpha value is -0.810. The van der Waals surface area contributed by atoms with Crippen LogP contribution in [0.25, 0.3) is 0 Å². The highest BCUT2D eigenvalue weighted by Gasteiger charge is 2.22. The Bertz CT molecular complexity index is 275. The quantitative estimate of drug-likeness (QED) is 0.720. The van der Waals surface area contributed by atoms with Crippen molar-refractivity contribution in [2.75, 3.05) is 19.6 Å². The molecule has 2 unspecified atom stereocenters. The smallest absolute Gasteiger partial charge is 0.410 e. The van der Waals surface area contributed by atoms with Crippen molar-refractivity contribution in [3.05, 3.63) is 0 Å². The number of carbonyl (C=O) groups is 1. The predicted molar refractivity (Wildman–Crippen MR) is 81.9 cm³/mol. The number of rotatable bonds is 8. The third-order valence-electron chi connectivity index (χ3n) is 2.73. The van der Waals surface area contributed by atoms with Crippen molar-refractivity contribution in [2.24, 2.45) is 0 Å². The lowest BCUT2D eigenvalue weighted by molar-refractivity contribution is 0.0163. The molecule has 0 aliphatic heterocycles. The second kappa shape index (κ2) is 9.19. The second-order valence-corrected chi connectivity index (χ2v) is 6.42. The lowest BCUT2D eigenvalue weighted by Gasteiger charge is -2.28. The van der Waals surface area contributed by atoms with Crippen molar-refractivity contribution in [2.45, 2.75) is 72.1 Å². The van der Waals surface area contributed by atoms with Crippen LogP contribution in [-0.4, -0.2) is 53.5 Å². The van der Waals surface area contributed by atoms with Crippen LogP contribution in [0.4, 0.5) is 4.79 Å². The Morgan fingerprint density at radius 1 is 1.35 bits per heavy atom. The minimum Gasteiger partial charge on any atom is -0.444 e. The maximum atomic E-state index is 12.1. The Labute approximate surface area is 123 Å². The highest BCUT2D eigenvalue weighted by atomic mass is 16.6. The first-order valence-corrected chi connectivity index (χ1v) is 7.55. The average Bonchev–Trinajstić information content (AvgIpc) is 2.25. The number of hydrogen-bond donors (Lipinski definition) is 2. The molecule has 0 aliphatic carbocycles. The normalized spacial score (nSPS) is 14.8. The van der Waals surface area contributed by atoms with E-state index >= 15 is 0 Å². The van der Waals surface area contributed by atoms with E-state index in [4.69, 9.17) is 4.74 Å². The number of amides is 1. The summed E-state index contributed by atoms with van der Waals surface area (Å²) < 4.78 is 5.35. The molecule has 120 valence electrons. The average molecular weight is 288 g/mol. The van der Waals surface area contributed by atoms with Crippen molar-refractivity contribution in [3.63, 3.8) is 0 Å². The molecular weight excluding hydrogens is 256 g/mol. The van der Waals surface area contributed by atoms with Gasteiger partial charge in [-0.05, 0) is 41.0 Å². The molecule has 0 aromatic rings. The van der Waals surface area contributed by atoms with Crippen molar-refractivity contribution in [1.29, 1.82) is 0 Å². The highest BCUT2D eigenvalue weighted by Crippen LogP contribution is 2.10. The standard InChI is InChI=1S/C15H32N2O3/c1-7-8-12(2)16-9-10-17(11-13(3)18)14(19)20-15(4,5)6/h12-13,16,18H,7-11H2,1-6H3. The van der Waals surface area contributed by atoms with Crippen LogP contribution in [0.1, 0.15) is 54.4 Å². The van der Waals surface area contributed by atoms with E-state index in [1.807, 2.05) is 20.8 Å². The molecule has 2 N–H and O–H groups in total. The van der Waals surface area contributed by atoms with Gasteiger partial charge in [0.2, 0.25) is 0 Å². The summed E-state index contributed by atoms with van der Waals surface area (Å²) in [5.41, 5.74) is -0.517. The molecule has 0 bridgehead atoms. The summed E-state index contributed by atoms with van der Waals surface area (Å²) in [5.74, 6) is 0. The van der Waals surface area contributed by atoms with Crippen LogP contribution in [0.2, 0.25) is 0 Å². The van der Waals surface area contributed by atoms with Gasteiger partial charge >= 0.3 is 6.09 Å². The Morgan fingerprint density at radius 2 is 1.95 bits per heavy atom. The maximum absolute atomic E-state index is 12.1. The summed E-state index contributed by atoms with van der Waals surface area (Å²) in [5, 5.41) is 12.9. The van der Waals surface area contributed by atoms with E-state index in [-0.39, 0.29) is 6.09 Å². The van der Waals surface area contributed by atoms with Crippen molar-refractivity contribution in [1.82, 2.24) is 10.2 Å². The van der Waals surface area contributed by atoms with Crippen LogP contribution in [0.15, 0.2) is 0 Å². The van der Waals surface area contributed by atoms with Gasteiger partial charge in [0.1, 0.15) is 5.60 Å². The first kappa shape index (κ1) is 19.2. The van der Waals surface area contributed by atoms with Crippen molar-refractivity contribution < 1.29 is 14.6 Å². The number of hydrogen-bond acceptors (Lipinski definition) is 4. The molecule has 0 rings (SSSR count). The third kappa shape index (κ3) is 10.0. The molecule has 1 amide bonds. The van der Waals surface area contributed by atoms with E-state index in [1.54, 1.807) is 11.8 Å². The van der Waals surface area contributed by atoms with Gasteiger partial charge in [0, 0.05) is 25.7 Å². The van der Waals surface area contributed by atoms with E-state index in [9.17, 15) is 9.90 Å². The topological polar surface area (TPSA) is 61.8 Å². The monoisotopic (exact) mass is 288 g/mol. The fraction of sp³-hybridized carbons (Fsp3) is 0.933. The van der Waals surface area contributed by atoms with Gasteiger partial charge in [-0.3, -0.25) is 0 Å². The molecule has 0 saturated heterocycles. The molecule has 20 heavy (non-hydrogen) atoms. The number of nitrogens with one attached hydrogen (secondary N) is 1. The molecule has 5 nitrogen and oxygen atoms in total. The first-order chi connectivity index (χ1) is 9.15. The van der Waals surface area contributed by atoms with Crippen LogP contribution in [-0.2, 0) is 4.74 Å². The molecule has 0 aromatic heterocycles. The molecule has 2 atom stereocenters. The molecule has 0 spiro atoms. The fourth-order valence-corrected chi connectivity index (χ4v) is 1.88. The Kier molecular flexibility index (Phi) is 8.81. The maximum Gasteiger partial charge on any atom is 0.410 e. The SMILES string of the molecule is CCCC(C)NCCN(CC(C)O)C(=O)OC(C)(C)C. The zero-order valence-electron chi connectivity index (χ0n) is 13.9. The largest absolute Gasteiger partial charge is 0.444 e. The molecule has 0 heterocycles. The predicted octanol–water partition coefficient (Wildman–Crippen LogP) is 2.38. The molecule has 0 saturated carbocycles.